The summed E-state index contributed by atoms with van der Waals surface area (Å²) in [6, 6.07) is 20.5. The minimum Gasteiger partial charge on any atom is -0.351 e. The molecule has 41 heavy (non-hydrogen) atoms. The van der Waals surface area contributed by atoms with Gasteiger partial charge in [0.1, 0.15) is 11.4 Å². The van der Waals surface area contributed by atoms with Crippen molar-refractivity contribution in [3.05, 3.63) is 113 Å². The van der Waals surface area contributed by atoms with Crippen molar-refractivity contribution in [2.24, 2.45) is 14.1 Å². The van der Waals surface area contributed by atoms with Gasteiger partial charge in [0.2, 0.25) is 0 Å². The van der Waals surface area contributed by atoms with Crippen molar-refractivity contribution in [2.45, 2.75) is 6.92 Å². The van der Waals surface area contributed by atoms with Crippen LogP contribution in [0.3, 0.4) is 0 Å². The van der Waals surface area contributed by atoms with Gasteiger partial charge in [0, 0.05) is 50.2 Å². The fourth-order valence-electron chi connectivity index (χ4n) is 4.48. The predicted molar refractivity (Wildman–Crippen MR) is 162 cm³/mol. The molecule has 3 heterocycles. The molecular weight excluding hydrogens is 516 g/mol. The molecule has 3 N–H and O–H groups in total. The van der Waals surface area contributed by atoms with Crippen molar-refractivity contribution in [2.75, 3.05) is 17.2 Å². The molecule has 0 bridgehead atoms. The monoisotopic (exact) mass is 546 g/mol. The van der Waals surface area contributed by atoms with Crippen LogP contribution in [0, 0.1) is 0 Å². The molecule has 3 aromatic heterocycles. The van der Waals surface area contributed by atoms with Crippen LogP contribution >= 0.6 is 0 Å². The van der Waals surface area contributed by atoms with Crippen molar-refractivity contribution in [3.63, 3.8) is 0 Å². The second kappa shape index (κ2) is 11.7. The molecule has 0 aliphatic carbocycles. The number of aromatic nitrogens is 3. The van der Waals surface area contributed by atoms with E-state index in [1.165, 1.54) is 0 Å². The maximum Gasteiger partial charge on any atom is 0.272 e. The number of nitrogens with zero attached hydrogens (tertiary/aromatic N) is 3. The Balaban J connectivity index is 1.21. The van der Waals surface area contributed by atoms with Crippen molar-refractivity contribution in [1.29, 1.82) is 0 Å². The SMILES string of the molecule is CCNC(=O)c1cc(NC(=O)c2cc(NC(=O)c3ccc(/C=C/c4cnc5ccccc5c4)cc3)cn2C)cn1C. The Kier molecular flexibility index (Phi) is 7.78. The second-order valence-corrected chi connectivity index (χ2v) is 9.63. The van der Waals surface area contributed by atoms with Gasteiger partial charge >= 0.3 is 0 Å². The quantitative estimate of drug-likeness (QED) is 0.244. The number of para-hydroxylation sites is 1. The van der Waals surface area contributed by atoms with E-state index in [0.29, 0.717) is 34.9 Å². The van der Waals surface area contributed by atoms with E-state index in [9.17, 15) is 14.4 Å². The molecule has 0 aliphatic rings. The van der Waals surface area contributed by atoms with Gasteiger partial charge in [-0.05, 0) is 54.4 Å². The molecule has 0 atom stereocenters. The second-order valence-electron chi connectivity index (χ2n) is 9.63. The van der Waals surface area contributed by atoms with E-state index in [0.717, 1.165) is 22.0 Å². The van der Waals surface area contributed by atoms with Gasteiger partial charge < -0.3 is 25.1 Å². The molecule has 9 nitrogen and oxygen atoms in total. The van der Waals surface area contributed by atoms with Gasteiger partial charge in [0.15, 0.2) is 0 Å². The highest BCUT2D eigenvalue weighted by atomic mass is 16.2. The zero-order chi connectivity index (χ0) is 28.9. The maximum absolute atomic E-state index is 12.9. The lowest BCUT2D eigenvalue weighted by atomic mass is 10.1. The number of hydrogen-bond acceptors (Lipinski definition) is 4. The van der Waals surface area contributed by atoms with E-state index in [1.807, 2.05) is 61.7 Å². The molecular formula is C32H30N6O3. The largest absolute Gasteiger partial charge is 0.351 e. The number of pyridine rings is 1. The van der Waals surface area contributed by atoms with Gasteiger partial charge in [-0.15, -0.1) is 0 Å². The Bertz CT molecular complexity index is 1780. The van der Waals surface area contributed by atoms with Crippen molar-refractivity contribution in [1.82, 2.24) is 19.4 Å². The molecule has 5 aromatic rings. The first-order chi connectivity index (χ1) is 19.8. The highest BCUT2D eigenvalue weighted by Gasteiger charge is 2.17. The predicted octanol–water partition coefficient (Wildman–Crippen LogP) is 5.34. The highest BCUT2D eigenvalue weighted by molar-refractivity contribution is 6.07. The smallest absolute Gasteiger partial charge is 0.272 e. The summed E-state index contributed by atoms with van der Waals surface area (Å²) in [5.74, 6) is -0.865. The third-order valence-corrected chi connectivity index (χ3v) is 6.58. The summed E-state index contributed by atoms with van der Waals surface area (Å²) in [6.45, 7) is 2.35. The molecule has 0 saturated carbocycles. The molecule has 5 rings (SSSR count). The molecule has 206 valence electrons. The number of carbonyl (C=O) groups excluding carboxylic acids is 3. The fourth-order valence-corrected chi connectivity index (χ4v) is 4.48. The minimum atomic E-state index is -0.362. The van der Waals surface area contributed by atoms with Crippen LogP contribution in [0.25, 0.3) is 23.1 Å². The Morgan fingerprint density at radius 1 is 0.756 bits per heavy atom. The van der Waals surface area contributed by atoms with E-state index in [4.69, 9.17) is 0 Å². The average Bonchev–Trinajstić information content (AvgIpc) is 3.53. The number of benzene rings is 2. The summed E-state index contributed by atoms with van der Waals surface area (Å²) in [5, 5.41) is 9.48. The molecule has 2 aromatic carbocycles. The summed E-state index contributed by atoms with van der Waals surface area (Å²) in [6.07, 6.45) is 9.14. The first kappa shape index (κ1) is 27.1. The number of hydrogen-bond donors (Lipinski definition) is 3. The maximum atomic E-state index is 12.9. The first-order valence-corrected chi connectivity index (χ1v) is 13.2. The Hall–Kier alpha value is -5.44. The van der Waals surface area contributed by atoms with Gasteiger partial charge in [0.25, 0.3) is 17.7 Å². The summed E-state index contributed by atoms with van der Waals surface area (Å²) < 4.78 is 3.28. The normalized spacial score (nSPS) is 11.1. The summed E-state index contributed by atoms with van der Waals surface area (Å²) in [7, 11) is 3.46. The van der Waals surface area contributed by atoms with E-state index in [-0.39, 0.29) is 17.7 Å². The van der Waals surface area contributed by atoms with Crippen LogP contribution in [0.15, 0.2) is 85.3 Å². The third-order valence-electron chi connectivity index (χ3n) is 6.58. The van der Waals surface area contributed by atoms with Crippen LogP contribution < -0.4 is 16.0 Å². The summed E-state index contributed by atoms with van der Waals surface area (Å²) in [5.41, 5.74) is 5.17. The van der Waals surface area contributed by atoms with Crippen molar-refractivity contribution < 1.29 is 14.4 Å². The molecule has 0 radical (unpaired) electrons. The van der Waals surface area contributed by atoms with Crippen molar-refractivity contribution >= 4 is 52.2 Å². The number of fused-ring (bicyclic) bond motifs is 1. The third kappa shape index (κ3) is 6.25. The van der Waals surface area contributed by atoms with E-state index < -0.39 is 0 Å². The Morgan fingerprint density at radius 2 is 1.37 bits per heavy atom. The van der Waals surface area contributed by atoms with Crippen molar-refractivity contribution in [3.8, 4) is 0 Å². The van der Waals surface area contributed by atoms with Gasteiger partial charge in [-0.3, -0.25) is 19.4 Å². The van der Waals surface area contributed by atoms with Crippen LogP contribution in [0.2, 0.25) is 0 Å². The number of aryl methyl sites for hydroxylation is 2. The van der Waals surface area contributed by atoms with Crippen LogP contribution in [-0.2, 0) is 14.1 Å². The van der Waals surface area contributed by atoms with Gasteiger partial charge in [-0.25, -0.2) is 0 Å². The average molecular weight is 547 g/mol. The number of anilines is 2. The van der Waals surface area contributed by atoms with Crippen LogP contribution in [0.4, 0.5) is 11.4 Å². The van der Waals surface area contributed by atoms with Gasteiger partial charge in [-0.1, -0.05) is 42.5 Å². The van der Waals surface area contributed by atoms with E-state index in [2.05, 4.69) is 27.0 Å². The number of carbonyl (C=O) groups is 3. The zero-order valence-corrected chi connectivity index (χ0v) is 23.0. The lowest BCUT2D eigenvalue weighted by molar-refractivity contribution is 0.0946. The molecule has 0 unspecified atom stereocenters. The minimum absolute atomic E-state index is 0.217. The Labute approximate surface area is 237 Å². The number of nitrogens with one attached hydrogen (secondary N) is 3. The zero-order valence-electron chi connectivity index (χ0n) is 23.0. The van der Waals surface area contributed by atoms with Gasteiger partial charge in [-0.2, -0.15) is 0 Å². The molecule has 0 saturated heterocycles. The fraction of sp³-hybridized carbons (Fsp3) is 0.125. The van der Waals surface area contributed by atoms with Crippen LogP contribution in [-0.4, -0.2) is 38.4 Å². The summed E-state index contributed by atoms with van der Waals surface area (Å²) in [4.78, 5) is 42.4. The standard InChI is InChI=1S/C32H30N6O3/c1-4-33-31(40)28-16-26(20-37(28)2)36-32(41)29-17-25(19-38(29)3)35-30(39)23-13-11-21(12-14-23)9-10-22-15-24-7-5-6-8-27(24)34-18-22/h5-20H,4H2,1-3H3,(H,33,40)(H,35,39)(H,36,41)/b10-9+. The number of rotatable bonds is 8. The topological polar surface area (TPSA) is 110 Å². The van der Waals surface area contributed by atoms with Gasteiger partial charge in [0.05, 0.1) is 16.9 Å². The molecule has 0 spiro atoms. The molecule has 9 heteroatoms. The molecule has 0 fully saturated rings. The van der Waals surface area contributed by atoms with Crippen LogP contribution in [0.1, 0.15) is 49.4 Å². The van der Waals surface area contributed by atoms with E-state index >= 15 is 0 Å². The lowest BCUT2D eigenvalue weighted by Gasteiger charge is -2.03. The Morgan fingerprint density at radius 3 is 2.05 bits per heavy atom. The van der Waals surface area contributed by atoms with Crippen LogP contribution in [0.5, 0.6) is 0 Å². The first-order valence-electron chi connectivity index (χ1n) is 13.2. The molecule has 3 amide bonds. The molecule has 0 aliphatic heterocycles. The summed E-state index contributed by atoms with van der Waals surface area (Å²) >= 11 is 0. The van der Waals surface area contributed by atoms with E-state index in [1.54, 1.807) is 59.9 Å². The number of amides is 3. The highest BCUT2D eigenvalue weighted by Crippen LogP contribution is 2.19. The lowest BCUT2D eigenvalue weighted by Crippen LogP contribution is -2.24.